The van der Waals surface area contributed by atoms with Crippen molar-refractivity contribution in [3.8, 4) is 0 Å². The Bertz CT molecular complexity index is 477. The van der Waals surface area contributed by atoms with Crippen LogP contribution >= 0.6 is 15.9 Å². The average Bonchev–Trinajstić information content (AvgIpc) is 3.14. The molecule has 5 heteroatoms. The van der Waals surface area contributed by atoms with E-state index in [9.17, 15) is 8.78 Å². The molecule has 1 aromatic carbocycles. The SMILES string of the molecule is Fc1ccc(Br)c(F)c1CNC1CCN(C2CC2)C1. The van der Waals surface area contributed by atoms with Gasteiger partial charge in [-0.25, -0.2) is 8.78 Å². The van der Waals surface area contributed by atoms with Gasteiger partial charge in [-0.05, 0) is 47.3 Å². The zero-order valence-corrected chi connectivity index (χ0v) is 12.2. The molecule has 3 rings (SSSR count). The fraction of sp³-hybridized carbons (Fsp3) is 0.571. The second kappa shape index (κ2) is 5.46. The van der Waals surface area contributed by atoms with Crippen LogP contribution in [0.5, 0.6) is 0 Å². The van der Waals surface area contributed by atoms with Crippen LogP contribution in [0.1, 0.15) is 24.8 Å². The summed E-state index contributed by atoms with van der Waals surface area (Å²) in [5.41, 5.74) is 0.124. The summed E-state index contributed by atoms with van der Waals surface area (Å²) >= 11 is 3.09. The largest absolute Gasteiger partial charge is 0.308 e. The van der Waals surface area contributed by atoms with Crippen LogP contribution in [-0.2, 0) is 6.54 Å². The van der Waals surface area contributed by atoms with Crippen molar-refractivity contribution in [3.63, 3.8) is 0 Å². The number of rotatable bonds is 4. The molecule has 2 fully saturated rings. The molecule has 1 aliphatic carbocycles. The van der Waals surface area contributed by atoms with Crippen molar-refractivity contribution in [2.45, 2.75) is 37.9 Å². The van der Waals surface area contributed by atoms with Gasteiger partial charge < -0.3 is 5.32 Å². The minimum atomic E-state index is -0.496. The molecule has 0 amide bonds. The van der Waals surface area contributed by atoms with Crippen LogP contribution in [0.25, 0.3) is 0 Å². The molecule has 1 heterocycles. The highest BCUT2D eigenvalue weighted by atomic mass is 79.9. The summed E-state index contributed by atoms with van der Waals surface area (Å²) in [4.78, 5) is 2.48. The first-order chi connectivity index (χ1) is 9.15. The fourth-order valence-corrected chi connectivity index (χ4v) is 3.07. The van der Waals surface area contributed by atoms with Crippen molar-refractivity contribution in [3.05, 3.63) is 33.8 Å². The smallest absolute Gasteiger partial charge is 0.144 e. The van der Waals surface area contributed by atoms with Gasteiger partial charge >= 0.3 is 0 Å². The quantitative estimate of drug-likeness (QED) is 0.853. The number of benzene rings is 1. The molecule has 2 aliphatic rings. The summed E-state index contributed by atoms with van der Waals surface area (Å²) in [7, 11) is 0. The Kier molecular flexibility index (Phi) is 3.87. The molecule has 104 valence electrons. The first-order valence-electron chi connectivity index (χ1n) is 6.75. The first kappa shape index (κ1) is 13.5. The molecule has 0 aromatic heterocycles. The van der Waals surface area contributed by atoms with E-state index in [0.717, 1.165) is 25.6 Å². The number of halogens is 3. The molecule has 1 atom stereocenters. The highest BCUT2D eigenvalue weighted by molar-refractivity contribution is 9.10. The van der Waals surface area contributed by atoms with Gasteiger partial charge in [-0.2, -0.15) is 0 Å². The molecule has 1 saturated carbocycles. The van der Waals surface area contributed by atoms with Gasteiger partial charge in [0.25, 0.3) is 0 Å². The van der Waals surface area contributed by atoms with Crippen LogP contribution in [0.3, 0.4) is 0 Å². The van der Waals surface area contributed by atoms with E-state index < -0.39 is 11.6 Å². The zero-order chi connectivity index (χ0) is 13.4. The lowest BCUT2D eigenvalue weighted by Gasteiger charge is -2.16. The first-order valence-corrected chi connectivity index (χ1v) is 7.54. The lowest BCUT2D eigenvalue weighted by atomic mass is 10.1. The van der Waals surface area contributed by atoms with Gasteiger partial charge in [0.15, 0.2) is 0 Å². The van der Waals surface area contributed by atoms with Crippen molar-refractivity contribution >= 4 is 15.9 Å². The molecule has 0 spiro atoms. The molecule has 1 N–H and O–H groups in total. The predicted octanol–water partition coefficient (Wildman–Crippen LogP) is 3.05. The molecule has 2 nitrogen and oxygen atoms in total. The molecule has 1 unspecified atom stereocenters. The Balaban J connectivity index is 1.59. The highest BCUT2D eigenvalue weighted by Gasteiger charge is 2.34. The van der Waals surface area contributed by atoms with E-state index >= 15 is 0 Å². The van der Waals surface area contributed by atoms with Gasteiger partial charge in [0, 0.05) is 37.3 Å². The minimum absolute atomic E-state index is 0.124. The minimum Gasteiger partial charge on any atom is -0.308 e. The Morgan fingerprint density at radius 2 is 2.05 bits per heavy atom. The van der Waals surface area contributed by atoms with E-state index in [2.05, 4.69) is 26.1 Å². The van der Waals surface area contributed by atoms with Crippen molar-refractivity contribution in [1.29, 1.82) is 0 Å². The van der Waals surface area contributed by atoms with Crippen molar-refractivity contribution in [1.82, 2.24) is 10.2 Å². The Labute approximate surface area is 120 Å². The molecule has 0 radical (unpaired) electrons. The number of likely N-dealkylation sites (tertiary alicyclic amines) is 1. The maximum atomic E-state index is 13.8. The van der Waals surface area contributed by atoms with E-state index in [4.69, 9.17) is 0 Å². The number of nitrogens with zero attached hydrogens (tertiary/aromatic N) is 1. The summed E-state index contributed by atoms with van der Waals surface area (Å²) in [5, 5.41) is 3.28. The summed E-state index contributed by atoms with van der Waals surface area (Å²) in [5.74, 6) is -0.977. The topological polar surface area (TPSA) is 15.3 Å². The third-order valence-electron chi connectivity index (χ3n) is 3.99. The second-order valence-corrected chi connectivity index (χ2v) is 6.27. The van der Waals surface area contributed by atoms with Crippen LogP contribution in [0.2, 0.25) is 0 Å². The monoisotopic (exact) mass is 330 g/mol. The maximum absolute atomic E-state index is 13.8. The molecular formula is C14H17BrF2N2. The third kappa shape index (κ3) is 2.98. The van der Waals surface area contributed by atoms with Gasteiger partial charge in [-0.15, -0.1) is 0 Å². The normalized spacial score (nSPS) is 24.1. The van der Waals surface area contributed by atoms with Crippen LogP contribution in [0.4, 0.5) is 8.78 Å². The highest BCUT2D eigenvalue weighted by Crippen LogP contribution is 2.30. The van der Waals surface area contributed by atoms with E-state index in [1.165, 1.54) is 25.0 Å². The Morgan fingerprint density at radius 1 is 1.26 bits per heavy atom. The van der Waals surface area contributed by atoms with E-state index in [-0.39, 0.29) is 12.1 Å². The standard InChI is InChI=1S/C14H17BrF2N2/c15-12-3-4-13(16)11(14(12)17)7-18-9-5-6-19(8-9)10-1-2-10/h3-4,9-10,18H,1-2,5-8H2. The van der Waals surface area contributed by atoms with Gasteiger partial charge in [0.2, 0.25) is 0 Å². The lowest BCUT2D eigenvalue weighted by Crippen LogP contribution is -2.33. The van der Waals surface area contributed by atoms with Gasteiger partial charge in [-0.1, -0.05) is 0 Å². The summed E-state index contributed by atoms with van der Waals surface area (Å²) in [6.45, 7) is 2.36. The molecule has 0 bridgehead atoms. The zero-order valence-electron chi connectivity index (χ0n) is 10.6. The van der Waals surface area contributed by atoms with Crippen LogP contribution in [0.15, 0.2) is 16.6 Å². The number of hydrogen-bond donors (Lipinski definition) is 1. The maximum Gasteiger partial charge on any atom is 0.144 e. The predicted molar refractivity (Wildman–Crippen MR) is 73.9 cm³/mol. The average molecular weight is 331 g/mol. The van der Waals surface area contributed by atoms with Gasteiger partial charge in [0.05, 0.1) is 4.47 Å². The molecule has 19 heavy (non-hydrogen) atoms. The van der Waals surface area contributed by atoms with Crippen molar-refractivity contribution in [2.24, 2.45) is 0 Å². The number of hydrogen-bond acceptors (Lipinski definition) is 2. The van der Waals surface area contributed by atoms with E-state index in [0.29, 0.717) is 10.5 Å². The van der Waals surface area contributed by atoms with Crippen LogP contribution < -0.4 is 5.32 Å². The molecular weight excluding hydrogens is 314 g/mol. The van der Waals surface area contributed by atoms with Crippen LogP contribution in [-0.4, -0.2) is 30.1 Å². The Morgan fingerprint density at radius 3 is 2.79 bits per heavy atom. The fourth-order valence-electron chi connectivity index (χ4n) is 2.70. The Hall–Kier alpha value is -0.520. The number of nitrogens with one attached hydrogen (secondary N) is 1. The molecule has 1 aliphatic heterocycles. The van der Waals surface area contributed by atoms with Gasteiger partial charge in [-0.3, -0.25) is 4.90 Å². The lowest BCUT2D eigenvalue weighted by molar-refractivity contribution is 0.317. The van der Waals surface area contributed by atoms with E-state index in [1.54, 1.807) is 0 Å². The van der Waals surface area contributed by atoms with Crippen LogP contribution in [0, 0.1) is 11.6 Å². The van der Waals surface area contributed by atoms with Crippen molar-refractivity contribution in [2.75, 3.05) is 13.1 Å². The third-order valence-corrected chi connectivity index (χ3v) is 4.60. The summed E-state index contributed by atoms with van der Waals surface area (Å²) in [6, 6.07) is 3.82. The second-order valence-electron chi connectivity index (χ2n) is 5.41. The van der Waals surface area contributed by atoms with Crippen molar-refractivity contribution < 1.29 is 8.78 Å². The summed E-state index contributed by atoms with van der Waals surface area (Å²) < 4.78 is 27.7. The molecule has 1 saturated heterocycles. The van der Waals surface area contributed by atoms with E-state index in [1.807, 2.05) is 0 Å². The summed E-state index contributed by atoms with van der Waals surface area (Å²) in [6.07, 6.45) is 3.68. The van der Waals surface area contributed by atoms with Gasteiger partial charge in [0.1, 0.15) is 11.6 Å². The molecule has 1 aromatic rings.